The second kappa shape index (κ2) is 9.63. The first kappa shape index (κ1) is 20.9. The fourth-order valence-electron chi connectivity index (χ4n) is 2.95. The quantitative estimate of drug-likeness (QED) is 0.297. The number of carbonyl (C=O) groups is 1. The Hall–Kier alpha value is -3.37. The molecule has 3 heterocycles. The van der Waals surface area contributed by atoms with Crippen molar-refractivity contribution < 1.29 is 4.79 Å². The van der Waals surface area contributed by atoms with Crippen LogP contribution in [0.4, 0.5) is 17.3 Å². The van der Waals surface area contributed by atoms with E-state index in [-0.39, 0.29) is 5.91 Å². The standard InChI is InChI=1S/C21H24N8OS/c1-3-10-22-13-19(30)23-15-6-8-16(9-7-15)31-21-25-20(17-5-4-11-29(17)28-21)24-18-12-14(2)26-27-18/h4-9,11-12,22H,3,10,13H2,1-2H3,(H,23,30)(H2,24,25,26,27,28). The molecule has 4 aromatic rings. The Labute approximate surface area is 184 Å². The van der Waals surface area contributed by atoms with E-state index in [0.717, 1.165) is 34.8 Å². The van der Waals surface area contributed by atoms with Crippen molar-refractivity contribution in [3.8, 4) is 0 Å². The fourth-order valence-corrected chi connectivity index (χ4v) is 3.70. The van der Waals surface area contributed by atoms with Gasteiger partial charge in [-0.2, -0.15) is 5.10 Å². The number of H-pyrrole nitrogens is 1. The third-order valence-electron chi connectivity index (χ3n) is 4.38. The maximum Gasteiger partial charge on any atom is 0.238 e. The Bertz CT molecular complexity index is 1170. The summed E-state index contributed by atoms with van der Waals surface area (Å²) < 4.78 is 1.79. The van der Waals surface area contributed by atoms with Crippen molar-refractivity contribution in [2.75, 3.05) is 23.7 Å². The number of carbonyl (C=O) groups excluding carboxylic acids is 1. The Kier molecular flexibility index (Phi) is 6.48. The molecule has 0 spiro atoms. The zero-order valence-electron chi connectivity index (χ0n) is 17.3. The molecule has 1 aromatic carbocycles. The van der Waals surface area contributed by atoms with Crippen molar-refractivity contribution in [2.24, 2.45) is 0 Å². The molecular formula is C21H24N8OS. The van der Waals surface area contributed by atoms with Gasteiger partial charge in [0.25, 0.3) is 0 Å². The highest BCUT2D eigenvalue weighted by Crippen LogP contribution is 2.28. The van der Waals surface area contributed by atoms with E-state index < -0.39 is 0 Å². The molecule has 0 atom stereocenters. The van der Waals surface area contributed by atoms with Crippen LogP contribution in [0.2, 0.25) is 0 Å². The van der Waals surface area contributed by atoms with Crippen molar-refractivity contribution in [3.05, 3.63) is 54.4 Å². The van der Waals surface area contributed by atoms with Gasteiger partial charge >= 0.3 is 0 Å². The molecule has 0 radical (unpaired) electrons. The second-order valence-electron chi connectivity index (χ2n) is 6.99. The van der Waals surface area contributed by atoms with E-state index in [1.807, 2.05) is 55.6 Å². The Morgan fingerprint density at radius 2 is 2.06 bits per heavy atom. The number of hydrogen-bond acceptors (Lipinski definition) is 7. The first-order valence-electron chi connectivity index (χ1n) is 10.0. The number of fused-ring (bicyclic) bond motifs is 1. The number of benzene rings is 1. The average molecular weight is 437 g/mol. The molecule has 1 amide bonds. The zero-order valence-corrected chi connectivity index (χ0v) is 18.2. The third kappa shape index (κ3) is 5.41. The minimum Gasteiger partial charge on any atom is -0.325 e. The van der Waals surface area contributed by atoms with E-state index in [9.17, 15) is 4.79 Å². The lowest BCUT2D eigenvalue weighted by atomic mass is 10.3. The lowest BCUT2D eigenvalue weighted by Crippen LogP contribution is -2.28. The van der Waals surface area contributed by atoms with Gasteiger partial charge in [0, 0.05) is 28.5 Å². The highest BCUT2D eigenvalue weighted by Gasteiger charge is 2.11. The number of anilines is 3. The van der Waals surface area contributed by atoms with Crippen molar-refractivity contribution in [1.82, 2.24) is 30.1 Å². The highest BCUT2D eigenvalue weighted by atomic mass is 32.2. The van der Waals surface area contributed by atoms with Crippen LogP contribution in [0.1, 0.15) is 19.0 Å². The monoisotopic (exact) mass is 436 g/mol. The predicted octanol–water partition coefficient (Wildman–Crippen LogP) is 3.59. The van der Waals surface area contributed by atoms with E-state index in [0.29, 0.717) is 23.3 Å². The summed E-state index contributed by atoms with van der Waals surface area (Å²) in [4.78, 5) is 17.6. The van der Waals surface area contributed by atoms with Crippen LogP contribution in [0, 0.1) is 6.92 Å². The lowest BCUT2D eigenvalue weighted by molar-refractivity contribution is -0.115. The molecule has 0 aliphatic heterocycles. The Morgan fingerprint density at radius 1 is 1.23 bits per heavy atom. The van der Waals surface area contributed by atoms with Crippen LogP contribution in [0.3, 0.4) is 0 Å². The van der Waals surface area contributed by atoms with E-state index in [1.54, 1.807) is 4.52 Å². The van der Waals surface area contributed by atoms with Gasteiger partial charge in [0.2, 0.25) is 11.1 Å². The number of rotatable bonds is 9. The minimum absolute atomic E-state index is 0.0560. The number of aromatic nitrogens is 5. The molecule has 0 aliphatic rings. The predicted molar refractivity (Wildman–Crippen MR) is 122 cm³/mol. The van der Waals surface area contributed by atoms with Crippen molar-refractivity contribution in [1.29, 1.82) is 0 Å². The lowest BCUT2D eigenvalue weighted by Gasteiger charge is -2.09. The maximum atomic E-state index is 11.9. The first-order chi connectivity index (χ1) is 15.1. The molecular weight excluding hydrogens is 412 g/mol. The number of nitrogens with one attached hydrogen (secondary N) is 4. The normalized spacial score (nSPS) is 11.0. The molecule has 9 nitrogen and oxygen atoms in total. The first-order valence-corrected chi connectivity index (χ1v) is 10.9. The van der Waals surface area contributed by atoms with Crippen molar-refractivity contribution >= 4 is 40.5 Å². The van der Waals surface area contributed by atoms with Crippen molar-refractivity contribution in [2.45, 2.75) is 30.3 Å². The number of nitrogens with zero attached hydrogens (tertiary/aromatic N) is 4. The number of amides is 1. The van der Waals surface area contributed by atoms with Gasteiger partial charge < -0.3 is 16.0 Å². The van der Waals surface area contributed by atoms with E-state index in [4.69, 9.17) is 0 Å². The summed E-state index contributed by atoms with van der Waals surface area (Å²) in [5.41, 5.74) is 2.58. The third-order valence-corrected chi connectivity index (χ3v) is 5.25. The summed E-state index contributed by atoms with van der Waals surface area (Å²) >= 11 is 1.44. The second-order valence-corrected chi connectivity index (χ2v) is 8.03. The highest BCUT2D eigenvalue weighted by molar-refractivity contribution is 7.99. The van der Waals surface area contributed by atoms with Gasteiger partial charge in [-0.25, -0.2) is 9.50 Å². The maximum absolute atomic E-state index is 11.9. The summed E-state index contributed by atoms with van der Waals surface area (Å²) in [5.74, 6) is 1.32. The smallest absolute Gasteiger partial charge is 0.238 e. The summed E-state index contributed by atoms with van der Waals surface area (Å²) in [6.07, 6.45) is 2.88. The topological polar surface area (TPSA) is 112 Å². The molecule has 10 heteroatoms. The van der Waals surface area contributed by atoms with Crippen LogP contribution in [-0.4, -0.2) is 43.8 Å². The molecule has 0 saturated carbocycles. The molecule has 0 unspecified atom stereocenters. The van der Waals surface area contributed by atoms with Crippen LogP contribution >= 0.6 is 11.8 Å². The molecule has 31 heavy (non-hydrogen) atoms. The van der Waals surface area contributed by atoms with Crippen LogP contribution in [0.15, 0.2) is 58.7 Å². The largest absolute Gasteiger partial charge is 0.325 e. The van der Waals surface area contributed by atoms with Crippen molar-refractivity contribution in [3.63, 3.8) is 0 Å². The van der Waals surface area contributed by atoms with Gasteiger partial charge in [-0.05, 0) is 68.0 Å². The Morgan fingerprint density at radius 3 is 2.81 bits per heavy atom. The molecule has 0 aliphatic carbocycles. The summed E-state index contributed by atoms with van der Waals surface area (Å²) in [7, 11) is 0. The minimum atomic E-state index is -0.0560. The van der Waals surface area contributed by atoms with E-state index >= 15 is 0 Å². The summed E-state index contributed by atoms with van der Waals surface area (Å²) in [5, 5.41) is 21.5. The van der Waals surface area contributed by atoms with Gasteiger partial charge in [-0.15, -0.1) is 5.10 Å². The molecule has 3 aromatic heterocycles. The van der Waals surface area contributed by atoms with Gasteiger partial charge in [0.1, 0.15) is 5.52 Å². The molecule has 160 valence electrons. The molecule has 0 fully saturated rings. The molecule has 4 rings (SSSR count). The van der Waals surface area contributed by atoms with Gasteiger partial charge in [-0.3, -0.25) is 9.89 Å². The van der Waals surface area contributed by atoms with Gasteiger partial charge in [0.05, 0.1) is 6.54 Å². The number of hydrogen-bond donors (Lipinski definition) is 4. The number of aromatic amines is 1. The van der Waals surface area contributed by atoms with Crippen LogP contribution in [0.5, 0.6) is 0 Å². The van der Waals surface area contributed by atoms with Crippen LogP contribution in [-0.2, 0) is 4.79 Å². The van der Waals surface area contributed by atoms with Gasteiger partial charge in [0.15, 0.2) is 11.6 Å². The summed E-state index contributed by atoms with van der Waals surface area (Å²) in [6, 6.07) is 13.4. The number of aryl methyl sites for hydroxylation is 1. The Balaban J connectivity index is 1.46. The van der Waals surface area contributed by atoms with Gasteiger partial charge in [-0.1, -0.05) is 6.92 Å². The SMILES string of the molecule is CCCNCC(=O)Nc1ccc(Sc2nc(Nc3cc(C)[nH]n3)c3cccn3n2)cc1. The van der Waals surface area contributed by atoms with Crippen LogP contribution < -0.4 is 16.0 Å². The van der Waals surface area contributed by atoms with E-state index in [1.165, 1.54) is 11.8 Å². The zero-order chi connectivity index (χ0) is 21.6. The fraction of sp³-hybridized carbons (Fsp3) is 0.238. The van der Waals surface area contributed by atoms with Crippen LogP contribution in [0.25, 0.3) is 5.52 Å². The van der Waals surface area contributed by atoms with E-state index in [2.05, 4.69) is 43.2 Å². The molecule has 0 bridgehead atoms. The summed E-state index contributed by atoms with van der Waals surface area (Å²) in [6.45, 7) is 5.14. The molecule has 0 saturated heterocycles. The average Bonchev–Trinajstić information content (AvgIpc) is 3.38. The molecule has 4 N–H and O–H groups in total.